The lowest BCUT2D eigenvalue weighted by atomic mass is 9.87. The molecule has 1 atom stereocenters. The van der Waals surface area contributed by atoms with Gasteiger partial charge in [-0.25, -0.2) is 4.39 Å². The van der Waals surface area contributed by atoms with Gasteiger partial charge in [0.1, 0.15) is 11.9 Å². The van der Waals surface area contributed by atoms with Gasteiger partial charge in [-0.05, 0) is 72.6 Å². The number of halogens is 1. The second kappa shape index (κ2) is 11.0. The molecule has 39 heavy (non-hydrogen) atoms. The Morgan fingerprint density at radius 3 is 2.31 bits per heavy atom. The quantitative estimate of drug-likeness (QED) is 0.577. The number of hydrogen-bond donors (Lipinski definition) is 1. The third-order valence-electron chi connectivity index (χ3n) is 8.73. The van der Waals surface area contributed by atoms with Gasteiger partial charge in [0.15, 0.2) is 0 Å². The van der Waals surface area contributed by atoms with Gasteiger partial charge in [0.25, 0.3) is 5.91 Å². The normalized spacial score (nSPS) is 22.8. The summed E-state index contributed by atoms with van der Waals surface area (Å²) in [6.45, 7) is 6.03. The van der Waals surface area contributed by atoms with Crippen molar-refractivity contribution in [1.82, 2.24) is 20.0 Å². The standard InChI is InChI=1S/C31H35FN4O3/c32-24-10-8-21(9-11-24)25-6-2-1-4-22(25)18-34-14-16-35(17-15-34)19-23-5-3-7-26-27(23)20-36(31(26)39)28-12-13-29(37)33-30(28)38/h3,5,7-11,28H,1-2,4,6,12-20H2,(H,33,37,38). The highest BCUT2D eigenvalue weighted by atomic mass is 19.1. The van der Waals surface area contributed by atoms with Crippen LogP contribution in [-0.2, 0) is 22.7 Å². The van der Waals surface area contributed by atoms with Crippen LogP contribution in [0.5, 0.6) is 0 Å². The Bertz CT molecular complexity index is 1310. The largest absolute Gasteiger partial charge is 0.322 e. The maximum atomic E-state index is 13.5. The number of piperidine rings is 1. The summed E-state index contributed by atoms with van der Waals surface area (Å²) in [6, 6.07) is 12.2. The number of nitrogens with one attached hydrogen (secondary N) is 1. The number of allylic oxidation sites excluding steroid dienone is 1. The molecule has 2 saturated heterocycles. The van der Waals surface area contributed by atoms with Crippen molar-refractivity contribution >= 4 is 23.3 Å². The van der Waals surface area contributed by atoms with Crippen LogP contribution in [0.25, 0.3) is 5.57 Å². The lowest BCUT2D eigenvalue weighted by Gasteiger charge is -2.36. The zero-order valence-electron chi connectivity index (χ0n) is 22.3. The van der Waals surface area contributed by atoms with Crippen molar-refractivity contribution in [3.05, 3.63) is 76.1 Å². The number of carbonyl (C=O) groups is 3. The van der Waals surface area contributed by atoms with Crippen molar-refractivity contribution in [2.45, 2.75) is 57.7 Å². The molecule has 3 aliphatic heterocycles. The smallest absolute Gasteiger partial charge is 0.255 e. The topological polar surface area (TPSA) is 73.0 Å². The predicted molar refractivity (Wildman–Crippen MR) is 146 cm³/mol. The molecule has 6 rings (SSSR count). The van der Waals surface area contributed by atoms with E-state index >= 15 is 0 Å². The fourth-order valence-electron chi connectivity index (χ4n) is 6.56. The molecule has 4 aliphatic rings. The first-order valence-electron chi connectivity index (χ1n) is 14.1. The van der Waals surface area contributed by atoms with Gasteiger partial charge >= 0.3 is 0 Å². The molecule has 0 bridgehead atoms. The first kappa shape index (κ1) is 25.9. The zero-order valence-corrected chi connectivity index (χ0v) is 22.3. The van der Waals surface area contributed by atoms with Crippen LogP contribution < -0.4 is 5.32 Å². The fourth-order valence-corrected chi connectivity index (χ4v) is 6.56. The molecular weight excluding hydrogens is 495 g/mol. The molecule has 0 saturated carbocycles. The van der Waals surface area contributed by atoms with Gasteiger partial charge in [0.2, 0.25) is 11.8 Å². The third-order valence-corrected chi connectivity index (χ3v) is 8.73. The van der Waals surface area contributed by atoms with Gasteiger partial charge in [-0.3, -0.25) is 29.5 Å². The van der Waals surface area contributed by atoms with E-state index in [2.05, 4.69) is 21.2 Å². The maximum Gasteiger partial charge on any atom is 0.255 e. The number of piperazine rings is 1. The number of hydrogen-bond acceptors (Lipinski definition) is 5. The van der Waals surface area contributed by atoms with E-state index in [4.69, 9.17) is 0 Å². The van der Waals surface area contributed by atoms with Crippen molar-refractivity contribution in [3.8, 4) is 0 Å². The Hall–Kier alpha value is -3.36. The van der Waals surface area contributed by atoms with Crippen molar-refractivity contribution in [2.24, 2.45) is 0 Å². The molecule has 3 heterocycles. The average Bonchev–Trinajstić information content (AvgIpc) is 3.28. The molecule has 0 spiro atoms. The summed E-state index contributed by atoms with van der Waals surface area (Å²) in [4.78, 5) is 43.8. The van der Waals surface area contributed by atoms with Gasteiger partial charge in [0.05, 0.1) is 0 Å². The fraction of sp³-hybridized carbons (Fsp3) is 0.452. The van der Waals surface area contributed by atoms with E-state index in [1.165, 1.54) is 24.0 Å². The first-order chi connectivity index (χ1) is 19.0. The average molecular weight is 531 g/mol. The van der Waals surface area contributed by atoms with E-state index in [1.54, 1.807) is 17.0 Å². The number of nitrogens with zero attached hydrogens (tertiary/aromatic N) is 3. The molecule has 8 heteroatoms. The summed E-state index contributed by atoms with van der Waals surface area (Å²) in [5, 5.41) is 2.38. The molecule has 2 aromatic carbocycles. The zero-order chi connectivity index (χ0) is 26.9. The molecule has 0 aromatic heterocycles. The van der Waals surface area contributed by atoms with Gasteiger partial charge in [-0.2, -0.15) is 0 Å². The number of rotatable bonds is 6. The summed E-state index contributed by atoms with van der Waals surface area (Å²) in [5.74, 6) is -0.957. The molecule has 3 amide bonds. The highest BCUT2D eigenvalue weighted by Crippen LogP contribution is 2.34. The minimum atomic E-state index is -0.590. The van der Waals surface area contributed by atoms with E-state index in [0.717, 1.165) is 68.8 Å². The monoisotopic (exact) mass is 530 g/mol. The molecule has 1 N–H and O–H groups in total. The molecule has 2 aromatic rings. The maximum absolute atomic E-state index is 13.5. The molecule has 0 radical (unpaired) electrons. The van der Waals surface area contributed by atoms with Gasteiger partial charge < -0.3 is 4.90 Å². The van der Waals surface area contributed by atoms with Crippen molar-refractivity contribution in [3.63, 3.8) is 0 Å². The molecule has 1 unspecified atom stereocenters. The molecule has 204 valence electrons. The number of imide groups is 1. The van der Waals surface area contributed by atoms with Crippen LogP contribution in [0.1, 0.15) is 65.6 Å². The second-order valence-electron chi connectivity index (χ2n) is 11.2. The molecule has 1 aliphatic carbocycles. The predicted octanol–water partition coefficient (Wildman–Crippen LogP) is 3.73. The van der Waals surface area contributed by atoms with Crippen molar-refractivity contribution in [1.29, 1.82) is 0 Å². The van der Waals surface area contributed by atoms with E-state index < -0.39 is 6.04 Å². The Labute approximate surface area is 228 Å². The molecule has 2 fully saturated rings. The minimum absolute atomic E-state index is 0.121. The van der Waals surface area contributed by atoms with E-state index in [1.807, 2.05) is 24.3 Å². The van der Waals surface area contributed by atoms with Crippen LogP contribution in [0.4, 0.5) is 4.39 Å². The summed E-state index contributed by atoms with van der Waals surface area (Å²) < 4.78 is 13.5. The summed E-state index contributed by atoms with van der Waals surface area (Å²) in [7, 11) is 0. The van der Waals surface area contributed by atoms with E-state index in [-0.39, 0.29) is 30.0 Å². The van der Waals surface area contributed by atoms with Crippen LogP contribution in [0.3, 0.4) is 0 Å². The van der Waals surface area contributed by atoms with Crippen molar-refractivity contribution < 1.29 is 18.8 Å². The summed E-state index contributed by atoms with van der Waals surface area (Å²) in [6.07, 6.45) is 5.22. The van der Waals surface area contributed by atoms with Crippen LogP contribution in [0, 0.1) is 5.82 Å². The minimum Gasteiger partial charge on any atom is -0.322 e. The number of fused-ring (bicyclic) bond motifs is 1. The summed E-state index contributed by atoms with van der Waals surface area (Å²) >= 11 is 0. The van der Waals surface area contributed by atoms with Crippen molar-refractivity contribution in [2.75, 3.05) is 32.7 Å². The Morgan fingerprint density at radius 1 is 0.846 bits per heavy atom. The molecular formula is C31H35FN4O3. The lowest BCUT2D eigenvalue weighted by Crippen LogP contribution is -2.52. The third kappa shape index (κ3) is 5.40. The van der Waals surface area contributed by atoms with Gasteiger partial charge in [-0.15, -0.1) is 0 Å². The lowest BCUT2D eigenvalue weighted by molar-refractivity contribution is -0.136. The summed E-state index contributed by atoms with van der Waals surface area (Å²) in [5.41, 5.74) is 6.86. The number of benzene rings is 2. The second-order valence-corrected chi connectivity index (χ2v) is 11.2. The van der Waals surface area contributed by atoms with Crippen LogP contribution in [0.15, 0.2) is 48.0 Å². The molecule has 7 nitrogen and oxygen atoms in total. The highest BCUT2D eigenvalue weighted by molar-refractivity contribution is 6.05. The number of amides is 3. The SMILES string of the molecule is O=C1CCC(N2Cc3c(CN4CCN(CC5=C(c6ccc(F)cc6)CCCC5)CC4)cccc3C2=O)C(=O)N1. The Morgan fingerprint density at radius 2 is 1.56 bits per heavy atom. The van der Waals surface area contributed by atoms with Crippen LogP contribution in [0.2, 0.25) is 0 Å². The van der Waals surface area contributed by atoms with Crippen LogP contribution >= 0.6 is 0 Å². The highest BCUT2D eigenvalue weighted by Gasteiger charge is 2.40. The van der Waals surface area contributed by atoms with Crippen LogP contribution in [-0.4, -0.2) is 71.2 Å². The van der Waals surface area contributed by atoms with E-state index in [9.17, 15) is 18.8 Å². The Balaban J connectivity index is 1.09. The van der Waals surface area contributed by atoms with Gasteiger partial charge in [0, 0.05) is 57.8 Å². The first-order valence-corrected chi connectivity index (χ1v) is 14.1. The van der Waals surface area contributed by atoms with Gasteiger partial charge in [-0.1, -0.05) is 29.8 Å². The number of carbonyl (C=O) groups excluding carboxylic acids is 3. The Kier molecular flexibility index (Phi) is 7.32. The van der Waals surface area contributed by atoms with E-state index in [0.29, 0.717) is 18.5 Å².